The van der Waals surface area contributed by atoms with Crippen LogP contribution in [0, 0.1) is 0 Å². The van der Waals surface area contributed by atoms with Gasteiger partial charge in [-0.15, -0.1) is 0 Å². The minimum atomic E-state index is -3.59. The van der Waals surface area contributed by atoms with Crippen LogP contribution in [0.4, 0.5) is 5.69 Å². The first-order valence-electron chi connectivity index (χ1n) is 8.71. The van der Waals surface area contributed by atoms with E-state index < -0.39 is 16.1 Å². The highest BCUT2D eigenvalue weighted by Gasteiger charge is 2.31. The molecule has 1 N–H and O–H groups in total. The maximum Gasteiger partial charge on any atom is 0.243 e. The van der Waals surface area contributed by atoms with Crippen LogP contribution in [0.15, 0.2) is 60.7 Å². The minimum absolute atomic E-state index is 0.140. The molecule has 0 aliphatic rings. The zero-order valence-electron chi connectivity index (χ0n) is 15.4. The molecule has 0 saturated heterocycles. The molecule has 6 heteroatoms. The number of rotatable bonds is 8. The van der Waals surface area contributed by atoms with Gasteiger partial charge in [-0.3, -0.25) is 9.10 Å². The van der Waals surface area contributed by atoms with Gasteiger partial charge < -0.3 is 5.32 Å². The fourth-order valence-corrected chi connectivity index (χ4v) is 4.12. The van der Waals surface area contributed by atoms with Gasteiger partial charge in [0.05, 0.1) is 11.9 Å². The number of para-hydroxylation sites is 1. The van der Waals surface area contributed by atoms with Crippen LogP contribution < -0.4 is 9.62 Å². The summed E-state index contributed by atoms with van der Waals surface area (Å²) in [4.78, 5) is 12.8. The van der Waals surface area contributed by atoms with Gasteiger partial charge in [-0.1, -0.05) is 62.4 Å². The molecule has 2 rings (SSSR count). The molecular weight excluding hydrogens is 348 g/mol. The standard InChI is InChI=1S/C20H26N2O3S/c1-4-19(22(26(3,24)25)18-13-9-6-10-14-18)20(23)21-15-16(2)17-11-7-5-8-12-17/h5-14,16,19H,4,15H2,1-3H3,(H,21,23)/t16-,19+/m1/s1. The highest BCUT2D eigenvalue weighted by atomic mass is 32.2. The lowest BCUT2D eigenvalue weighted by Gasteiger charge is -2.30. The predicted molar refractivity (Wildman–Crippen MR) is 106 cm³/mol. The van der Waals surface area contributed by atoms with Gasteiger partial charge in [0.1, 0.15) is 6.04 Å². The normalized spacial score (nSPS) is 13.7. The first-order valence-corrected chi connectivity index (χ1v) is 10.6. The first-order chi connectivity index (χ1) is 12.3. The van der Waals surface area contributed by atoms with Gasteiger partial charge in [-0.2, -0.15) is 0 Å². The summed E-state index contributed by atoms with van der Waals surface area (Å²) in [7, 11) is -3.59. The topological polar surface area (TPSA) is 66.5 Å². The van der Waals surface area contributed by atoms with Gasteiger partial charge in [0.25, 0.3) is 0 Å². The smallest absolute Gasteiger partial charge is 0.243 e. The van der Waals surface area contributed by atoms with Gasteiger partial charge in [0.2, 0.25) is 15.9 Å². The van der Waals surface area contributed by atoms with E-state index in [0.717, 1.165) is 11.8 Å². The van der Waals surface area contributed by atoms with Crippen molar-refractivity contribution in [1.82, 2.24) is 5.32 Å². The largest absolute Gasteiger partial charge is 0.354 e. The highest BCUT2D eigenvalue weighted by molar-refractivity contribution is 7.92. The van der Waals surface area contributed by atoms with E-state index in [4.69, 9.17) is 0 Å². The molecule has 0 bridgehead atoms. The first kappa shape index (κ1) is 20.0. The van der Waals surface area contributed by atoms with Crippen molar-refractivity contribution in [3.63, 3.8) is 0 Å². The van der Waals surface area contributed by atoms with E-state index in [1.165, 1.54) is 4.31 Å². The molecule has 0 unspecified atom stereocenters. The molecule has 1 amide bonds. The van der Waals surface area contributed by atoms with Crippen LogP contribution in [0.5, 0.6) is 0 Å². The van der Waals surface area contributed by atoms with Crippen LogP contribution >= 0.6 is 0 Å². The quantitative estimate of drug-likeness (QED) is 0.772. The van der Waals surface area contributed by atoms with Crippen molar-refractivity contribution in [3.05, 3.63) is 66.2 Å². The second-order valence-corrected chi connectivity index (χ2v) is 8.23. The maximum atomic E-state index is 12.8. The van der Waals surface area contributed by atoms with Crippen LogP contribution in [0.2, 0.25) is 0 Å². The zero-order chi connectivity index (χ0) is 19.2. The van der Waals surface area contributed by atoms with E-state index >= 15 is 0 Å². The number of nitrogens with zero attached hydrogens (tertiary/aromatic N) is 1. The lowest BCUT2D eigenvalue weighted by Crippen LogP contribution is -2.49. The Bertz CT molecular complexity index is 807. The van der Waals surface area contributed by atoms with Gasteiger partial charge in [-0.25, -0.2) is 8.42 Å². The summed E-state index contributed by atoms with van der Waals surface area (Å²) in [5, 5.41) is 2.91. The van der Waals surface area contributed by atoms with Crippen molar-refractivity contribution in [3.8, 4) is 0 Å². The van der Waals surface area contributed by atoms with E-state index in [0.29, 0.717) is 18.7 Å². The molecule has 26 heavy (non-hydrogen) atoms. The Kier molecular flexibility index (Phi) is 6.80. The molecule has 0 spiro atoms. The summed E-state index contributed by atoms with van der Waals surface area (Å²) in [6.45, 7) is 4.29. The third-order valence-electron chi connectivity index (χ3n) is 4.29. The predicted octanol–water partition coefficient (Wildman–Crippen LogP) is 3.15. The van der Waals surface area contributed by atoms with E-state index in [2.05, 4.69) is 5.32 Å². The highest BCUT2D eigenvalue weighted by Crippen LogP contribution is 2.22. The molecule has 0 radical (unpaired) electrons. The number of hydrogen-bond donors (Lipinski definition) is 1. The average molecular weight is 375 g/mol. The summed E-state index contributed by atoms with van der Waals surface area (Å²) in [6, 6.07) is 17.8. The molecule has 2 aromatic carbocycles. The van der Waals surface area contributed by atoms with Crippen molar-refractivity contribution in [2.75, 3.05) is 17.1 Å². The van der Waals surface area contributed by atoms with Crippen molar-refractivity contribution in [2.24, 2.45) is 0 Å². The number of anilines is 1. The number of nitrogens with one attached hydrogen (secondary N) is 1. The molecule has 0 saturated carbocycles. The summed E-state index contributed by atoms with van der Waals surface area (Å²) in [6.07, 6.45) is 1.51. The van der Waals surface area contributed by atoms with Crippen LogP contribution in [-0.4, -0.2) is 33.2 Å². The van der Waals surface area contributed by atoms with Crippen molar-refractivity contribution < 1.29 is 13.2 Å². The fraction of sp³-hybridized carbons (Fsp3) is 0.350. The Labute approximate surface area is 156 Å². The van der Waals surface area contributed by atoms with Crippen molar-refractivity contribution >= 4 is 21.6 Å². The van der Waals surface area contributed by atoms with Gasteiger partial charge in [0, 0.05) is 6.54 Å². The molecule has 0 fully saturated rings. The van der Waals surface area contributed by atoms with Gasteiger partial charge in [-0.05, 0) is 30.0 Å². The molecule has 0 aliphatic carbocycles. The summed E-state index contributed by atoms with van der Waals surface area (Å²) in [5.41, 5.74) is 1.62. The summed E-state index contributed by atoms with van der Waals surface area (Å²) < 4.78 is 25.9. The number of sulfonamides is 1. The average Bonchev–Trinajstić information content (AvgIpc) is 2.64. The monoisotopic (exact) mass is 374 g/mol. The lowest BCUT2D eigenvalue weighted by molar-refractivity contribution is -0.122. The molecule has 0 heterocycles. The Morgan fingerprint density at radius 3 is 2.08 bits per heavy atom. The molecule has 5 nitrogen and oxygen atoms in total. The Balaban J connectivity index is 2.15. The van der Waals surface area contributed by atoms with Gasteiger partial charge >= 0.3 is 0 Å². The summed E-state index contributed by atoms with van der Waals surface area (Å²) >= 11 is 0. The van der Waals surface area contributed by atoms with Crippen molar-refractivity contribution in [2.45, 2.75) is 32.2 Å². The molecular formula is C20H26N2O3S. The van der Waals surface area contributed by atoms with E-state index in [1.807, 2.05) is 50.2 Å². The third kappa shape index (κ3) is 5.08. The second-order valence-electron chi connectivity index (χ2n) is 6.38. The number of carbonyl (C=O) groups excluding carboxylic acids is 1. The number of amides is 1. The number of carbonyl (C=O) groups is 1. The van der Waals surface area contributed by atoms with E-state index in [1.54, 1.807) is 24.3 Å². The Hall–Kier alpha value is -2.34. The van der Waals surface area contributed by atoms with E-state index in [9.17, 15) is 13.2 Å². The minimum Gasteiger partial charge on any atom is -0.354 e. The maximum absolute atomic E-state index is 12.8. The molecule has 0 aliphatic heterocycles. The molecule has 0 aromatic heterocycles. The summed E-state index contributed by atoms with van der Waals surface area (Å²) in [5.74, 6) is -0.148. The SMILES string of the molecule is CC[C@@H](C(=O)NC[C@@H](C)c1ccccc1)N(c1ccccc1)S(C)(=O)=O. The number of hydrogen-bond acceptors (Lipinski definition) is 3. The Morgan fingerprint density at radius 2 is 1.58 bits per heavy atom. The third-order valence-corrected chi connectivity index (χ3v) is 5.47. The number of benzene rings is 2. The molecule has 140 valence electrons. The van der Waals surface area contributed by atoms with Crippen LogP contribution in [0.1, 0.15) is 31.7 Å². The van der Waals surface area contributed by atoms with Crippen LogP contribution in [0.25, 0.3) is 0 Å². The molecule has 2 aromatic rings. The van der Waals surface area contributed by atoms with Crippen LogP contribution in [0.3, 0.4) is 0 Å². The van der Waals surface area contributed by atoms with Crippen molar-refractivity contribution in [1.29, 1.82) is 0 Å². The fourth-order valence-electron chi connectivity index (χ4n) is 2.91. The zero-order valence-corrected chi connectivity index (χ0v) is 16.2. The lowest BCUT2D eigenvalue weighted by atomic mass is 10.0. The van der Waals surface area contributed by atoms with Crippen LogP contribution in [-0.2, 0) is 14.8 Å². The van der Waals surface area contributed by atoms with E-state index in [-0.39, 0.29) is 11.8 Å². The Morgan fingerprint density at radius 1 is 1.04 bits per heavy atom. The van der Waals surface area contributed by atoms with Gasteiger partial charge in [0.15, 0.2) is 0 Å². The molecule has 2 atom stereocenters. The second kappa shape index (κ2) is 8.85.